The van der Waals surface area contributed by atoms with Gasteiger partial charge < -0.3 is 11.1 Å². The van der Waals surface area contributed by atoms with Gasteiger partial charge in [-0.1, -0.05) is 6.92 Å². The van der Waals surface area contributed by atoms with Gasteiger partial charge >= 0.3 is 0 Å². The average molecular weight is 265 g/mol. The predicted molar refractivity (Wildman–Crippen MR) is 80.4 cm³/mol. The van der Waals surface area contributed by atoms with Gasteiger partial charge in [0.25, 0.3) is 0 Å². The summed E-state index contributed by atoms with van der Waals surface area (Å²) in [6.45, 7) is 8.20. The van der Waals surface area contributed by atoms with Gasteiger partial charge in [-0.05, 0) is 40.2 Å². The third kappa shape index (κ3) is 3.21. The van der Waals surface area contributed by atoms with Crippen LogP contribution in [0.25, 0.3) is 0 Å². The lowest BCUT2D eigenvalue weighted by Crippen LogP contribution is -2.36. The Morgan fingerprint density at radius 3 is 2.79 bits per heavy atom. The molecule has 1 heterocycles. The van der Waals surface area contributed by atoms with E-state index in [-0.39, 0.29) is 0 Å². The van der Waals surface area contributed by atoms with Gasteiger partial charge in [0.15, 0.2) is 0 Å². The minimum Gasteiger partial charge on any atom is -0.394 e. The second kappa shape index (κ2) is 5.82. The van der Waals surface area contributed by atoms with Crippen LogP contribution >= 0.6 is 0 Å². The Labute approximate surface area is 116 Å². The highest BCUT2D eigenvalue weighted by atomic mass is 15.3. The molecule has 0 aliphatic heterocycles. The van der Waals surface area contributed by atoms with Crippen LogP contribution in [0.3, 0.4) is 0 Å². The van der Waals surface area contributed by atoms with Crippen LogP contribution in [0.5, 0.6) is 0 Å². The van der Waals surface area contributed by atoms with Gasteiger partial charge in [0, 0.05) is 25.2 Å². The van der Waals surface area contributed by atoms with Crippen molar-refractivity contribution in [3.8, 4) is 0 Å². The molecule has 1 aromatic rings. The van der Waals surface area contributed by atoms with Crippen LogP contribution in [0.1, 0.15) is 38.8 Å². The van der Waals surface area contributed by atoms with Crippen molar-refractivity contribution in [2.24, 2.45) is 0 Å². The highest BCUT2D eigenvalue weighted by Crippen LogP contribution is 2.27. The molecule has 19 heavy (non-hydrogen) atoms. The van der Waals surface area contributed by atoms with Crippen molar-refractivity contribution in [2.75, 3.05) is 24.6 Å². The van der Waals surface area contributed by atoms with Gasteiger partial charge in [-0.2, -0.15) is 5.10 Å². The van der Waals surface area contributed by atoms with Gasteiger partial charge in [0.05, 0.1) is 11.4 Å². The monoisotopic (exact) mass is 265 g/mol. The Hall–Kier alpha value is -1.23. The van der Waals surface area contributed by atoms with E-state index in [9.17, 15) is 0 Å². The van der Waals surface area contributed by atoms with Crippen LogP contribution < -0.4 is 11.1 Å². The zero-order valence-electron chi connectivity index (χ0n) is 12.6. The number of nitrogens with two attached hydrogens (primary N) is 1. The van der Waals surface area contributed by atoms with Crippen LogP contribution in [-0.4, -0.2) is 40.4 Å². The summed E-state index contributed by atoms with van der Waals surface area (Å²) < 4.78 is 1.99. The summed E-state index contributed by atoms with van der Waals surface area (Å²) in [5, 5.41) is 7.97. The van der Waals surface area contributed by atoms with Gasteiger partial charge in [-0.3, -0.25) is 4.90 Å². The van der Waals surface area contributed by atoms with Gasteiger partial charge in [0.1, 0.15) is 5.82 Å². The van der Waals surface area contributed by atoms with Crippen molar-refractivity contribution in [3.63, 3.8) is 0 Å². The second-order valence-corrected chi connectivity index (χ2v) is 5.70. The van der Waals surface area contributed by atoms with Crippen molar-refractivity contribution < 1.29 is 0 Å². The molecule has 0 saturated heterocycles. The highest BCUT2D eigenvalue weighted by Gasteiger charge is 2.29. The maximum Gasteiger partial charge on any atom is 0.148 e. The molecule has 0 radical (unpaired) electrons. The minimum atomic E-state index is 0.511. The summed E-state index contributed by atoms with van der Waals surface area (Å²) in [6.07, 6.45) is 3.75. The van der Waals surface area contributed by atoms with Crippen LogP contribution in [0, 0.1) is 6.92 Å². The fourth-order valence-electron chi connectivity index (χ4n) is 2.39. The molecule has 1 unspecified atom stereocenters. The van der Waals surface area contributed by atoms with E-state index in [0.29, 0.717) is 6.04 Å². The van der Waals surface area contributed by atoms with E-state index < -0.39 is 0 Å². The molecule has 0 aromatic carbocycles. The molecule has 0 bridgehead atoms. The second-order valence-electron chi connectivity index (χ2n) is 5.70. The number of hydrogen-bond donors (Lipinski definition) is 2. The number of aryl methyl sites for hydroxylation is 2. The van der Waals surface area contributed by atoms with E-state index in [4.69, 9.17) is 5.73 Å². The Bertz CT molecular complexity index is 422. The largest absolute Gasteiger partial charge is 0.394 e. The summed E-state index contributed by atoms with van der Waals surface area (Å²) in [5.41, 5.74) is 7.81. The summed E-state index contributed by atoms with van der Waals surface area (Å²) in [4.78, 5) is 2.45. The topological polar surface area (TPSA) is 59.1 Å². The fourth-order valence-corrected chi connectivity index (χ4v) is 2.39. The Morgan fingerprint density at radius 1 is 1.53 bits per heavy atom. The number of anilines is 2. The fraction of sp³-hybridized carbons (Fsp3) is 0.786. The molecule has 1 atom stereocenters. The molecular weight excluding hydrogens is 238 g/mol. The molecule has 108 valence electrons. The van der Waals surface area contributed by atoms with E-state index >= 15 is 0 Å². The number of hydrogen-bond acceptors (Lipinski definition) is 4. The Morgan fingerprint density at radius 2 is 2.21 bits per heavy atom. The molecule has 3 N–H and O–H groups in total. The summed E-state index contributed by atoms with van der Waals surface area (Å²) in [7, 11) is 2.21. The summed E-state index contributed by atoms with van der Waals surface area (Å²) in [5.74, 6) is 0.982. The van der Waals surface area contributed by atoms with Crippen molar-refractivity contribution in [1.29, 1.82) is 0 Å². The van der Waals surface area contributed by atoms with Gasteiger partial charge in [-0.15, -0.1) is 0 Å². The molecule has 1 aliphatic rings. The van der Waals surface area contributed by atoms with E-state index in [1.54, 1.807) is 0 Å². The number of nitrogens with zero attached hydrogens (tertiary/aromatic N) is 3. The predicted octanol–water partition coefficient (Wildman–Crippen LogP) is 2.08. The first-order valence-electron chi connectivity index (χ1n) is 7.33. The smallest absolute Gasteiger partial charge is 0.148 e. The molecule has 1 fully saturated rings. The number of nitrogen functional groups attached to an aromatic ring is 1. The van der Waals surface area contributed by atoms with Crippen LogP contribution in [-0.2, 0) is 6.54 Å². The zero-order chi connectivity index (χ0) is 14.0. The minimum absolute atomic E-state index is 0.511. The zero-order valence-corrected chi connectivity index (χ0v) is 12.6. The molecule has 5 heteroatoms. The number of nitrogens with one attached hydrogen (secondary N) is 1. The lowest BCUT2D eigenvalue weighted by atomic mass is 10.3. The van der Waals surface area contributed by atoms with E-state index in [1.165, 1.54) is 12.8 Å². The van der Waals surface area contributed by atoms with Gasteiger partial charge in [-0.25, -0.2) is 4.68 Å². The van der Waals surface area contributed by atoms with Crippen molar-refractivity contribution in [3.05, 3.63) is 5.69 Å². The molecule has 0 amide bonds. The molecule has 5 nitrogen and oxygen atoms in total. The average Bonchev–Trinajstić information content (AvgIpc) is 3.18. The molecule has 1 aromatic heterocycles. The third-order valence-corrected chi connectivity index (χ3v) is 3.99. The quantitative estimate of drug-likeness (QED) is 0.792. The lowest BCUT2D eigenvalue weighted by Gasteiger charge is -2.25. The Kier molecular flexibility index (Phi) is 4.34. The molecule has 2 rings (SSSR count). The summed E-state index contributed by atoms with van der Waals surface area (Å²) >= 11 is 0. The Balaban J connectivity index is 1.97. The van der Waals surface area contributed by atoms with Crippen LogP contribution in [0.4, 0.5) is 11.5 Å². The van der Waals surface area contributed by atoms with Gasteiger partial charge in [0.2, 0.25) is 0 Å². The standard InChI is InChI=1S/C14H27N5/c1-5-8-19-14(13(15)11(3)17-19)16-9-10(2)18(4)12-6-7-12/h10,12,16H,5-9,15H2,1-4H3. The third-order valence-electron chi connectivity index (χ3n) is 3.99. The molecule has 0 spiro atoms. The molecular formula is C14H27N5. The maximum absolute atomic E-state index is 6.11. The van der Waals surface area contributed by atoms with E-state index in [2.05, 4.69) is 36.2 Å². The van der Waals surface area contributed by atoms with Crippen molar-refractivity contribution in [1.82, 2.24) is 14.7 Å². The van der Waals surface area contributed by atoms with Crippen LogP contribution in [0.15, 0.2) is 0 Å². The first kappa shape index (κ1) is 14.2. The first-order valence-corrected chi connectivity index (χ1v) is 7.33. The first-order chi connectivity index (χ1) is 9.04. The summed E-state index contributed by atoms with van der Waals surface area (Å²) in [6, 6.07) is 1.30. The lowest BCUT2D eigenvalue weighted by molar-refractivity contribution is 0.257. The molecule has 1 aliphatic carbocycles. The normalized spacial score (nSPS) is 16.9. The molecule has 1 saturated carbocycles. The van der Waals surface area contributed by atoms with E-state index in [0.717, 1.165) is 42.8 Å². The SMILES string of the molecule is CCCn1nc(C)c(N)c1NCC(C)N(C)C1CC1. The number of aromatic nitrogens is 2. The number of likely N-dealkylation sites (N-methyl/N-ethyl adjacent to an activating group) is 1. The van der Waals surface area contributed by atoms with Crippen molar-refractivity contribution in [2.45, 2.75) is 58.7 Å². The van der Waals surface area contributed by atoms with Crippen molar-refractivity contribution >= 4 is 11.5 Å². The highest BCUT2D eigenvalue weighted by molar-refractivity contribution is 5.64. The number of rotatable bonds is 7. The van der Waals surface area contributed by atoms with E-state index in [1.807, 2.05) is 11.6 Å². The maximum atomic E-state index is 6.11. The van der Waals surface area contributed by atoms with Crippen LogP contribution in [0.2, 0.25) is 0 Å².